The molecule has 0 saturated heterocycles. The van der Waals surface area contributed by atoms with Crippen LogP contribution in [0.15, 0.2) is 9.59 Å². The van der Waals surface area contributed by atoms with Gasteiger partial charge in [0.25, 0.3) is 5.56 Å². The average Bonchev–Trinajstić information content (AvgIpc) is 3.02. The van der Waals surface area contributed by atoms with Crippen LogP contribution >= 0.6 is 0 Å². The van der Waals surface area contributed by atoms with Crippen LogP contribution in [0.5, 0.6) is 0 Å². The van der Waals surface area contributed by atoms with E-state index in [-0.39, 0.29) is 12.6 Å². The average molecular weight is 390 g/mol. The monoisotopic (exact) mass is 390 g/mol. The number of H-pyrrole nitrogens is 1. The second-order valence-electron chi connectivity index (χ2n) is 7.73. The summed E-state index contributed by atoms with van der Waals surface area (Å²) in [6.07, 6.45) is 9.24. The summed E-state index contributed by atoms with van der Waals surface area (Å²) in [7, 11) is 1.70. The number of esters is 1. The first-order chi connectivity index (χ1) is 13.5. The zero-order chi connectivity index (χ0) is 20.1. The van der Waals surface area contributed by atoms with Crippen LogP contribution in [0, 0.1) is 5.92 Å². The zero-order valence-corrected chi connectivity index (χ0v) is 16.8. The molecule has 0 unspecified atom stereocenters. The predicted molar refractivity (Wildman–Crippen MR) is 106 cm³/mol. The number of hydrogen-bond acceptors (Lipinski definition) is 5. The molecule has 0 aromatic carbocycles. The van der Waals surface area contributed by atoms with Crippen molar-refractivity contribution in [1.82, 2.24) is 19.1 Å². The van der Waals surface area contributed by atoms with Crippen LogP contribution < -0.4 is 11.2 Å². The van der Waals surface area contributed by atoms with Gasteiger partial charge in [-0.1, -0.05) is 45.4 Å². The molecule has 1 saturated carbocycles. The maximum atomic E-state index is 12.2. The third kappa shape index (κ3) is 4.54. The summed E-state index contributed by atoms with van der Waals surface area (Å²) in [5, 5.41) is 0. The molecule has 3 rings (SSSR count). The lowest BCUT2D eigenvalue weighted by Crippen LogP contribution is -2.31. The van der Waals surface area contributed by atoms with E-state index in [1.54, 1.807) is 11.6 Å². The number of nitrogens with one attached hydrogen (secondary N) is 1. The van der Waals surface area contributed by atoms with Gasteiger partial charge in [0.05, 0.1) is 0 Å². The molecule has 0 bridgehead atoms. The molecule has 2 aromatic heterocycles. The Bertz CT molecular complexity index is 934. The second kappa shape index (κ2) is 9.21. The number of aromatic amines is 1. The fraction of sp³-hybridized carbons (Fsp3) is 0.700. The van der Waals surface area contributed by atoms with Gasteiger partial charge in [0.15, 0.2) is 11.2 Å². The van der Waals surface area contributed by atoms with Crippen LogP contribution in [-0.2, 0) is 29.7 Å². The molecule has 2 aromatic rings. The third-order valence-electron chi connectivity index (χ3n) is 5.68. The van der Waals surface area contributed by atoms with Gasteiger partial charge in [0, 0.05) is 20.0 Å². The first kappa shape index (κ1) is 20.4. The summed E-state index contributed by atoms with van der Waals surface area (Å²) in [4.78, 5) is 43.3. The Morgan fingerprint density at radius 2 is 2.00 bits per heavy atom. The fourth-order valence-corrected chi connectivity index (χ4v) is 3.96. The molecule has 1 aliphatic carbocycles. The van der Waals surface area contributed by atoms with Crippen molar-refractivity contribution in [2.45, 2.75) is 77.9 Å². The Kier molecular flexibility index (Phi) is 6.70. The van der Waals surface area contributed by atoms with Gasteiger partial charge in [-0.25, -0.2) is 9.78 Å². The molecule has 0 spiro atoms. The molecule has 8 heteroatoms. The van der Waals surface area contributed by atoms with Crippen LogP contribution in [0.25, 0.3) is 11.2 Å². The standard InChI is InChI=1S/C20H30N4O4/c1-3-4-12-24-18-17(19(26)22-20(24)27)23(2)15(21-18)13-28-16(25)11-10-14-8-6-5-7-9-14/h14H,3-13H2,1-2H3,(H,22,26,27). The van der Waals surface area contributed by atoms with Gasteiger partial charge < -0.3 is 9.30 Å². The molecule has 0 radical (unpaired) electrons. The largest absolute Gasteiger partial charge is 0.458 e. The number of imidazole rings is 1. The smallest absolute Gasteiger partial charge is 0.330 e. The van der Waals surface area contributed by atoms with Gasteiger partial charge >= 0.3 is 11.7 Å². The molecular weight excluding hydrogens is 360 g/mol. The SMILES string of the molecule is CCCCn1c(=O)[nH]c(=O)c2c1nc(COC(=O)CCC1CCCCC1)n2C. The highest BCUT2D eigenvalue weighted by Gasteiger charge is 2.18. The molecule has 2 heterocycles. The van der Waals surface area contributed by atoms with E-state index in [9.17, 15) is 14.4 Å². The van der Waals surface area contributed by atoms with Gasteiger partial charge in [-0.15, -0.1) is 0 Å². The number of unbranched alkanes of at least 4 members (excludes halogenated alkanes) is 1. The van der Waals surface area contributed by atoms with Crippen molar-refractivity contribution in [3.05, 3.63) is 26.7 Å². The van der Waals surface area contributed by atoms with Crippen molar-refractivity contribution < 1.29 is 9.53 Å². The minimum Gasteiger partial charge on any atom is -0.458 e. The summed E-state index contributed by atoms with van der Waals surface area (Å²) in [6, 6.07) is 0. The van der Waals surface area contributed by atoms with Gasteiger partial charge in [-0.3, -0.25) is 19.1 Å². The van der Waals surface area contributed by atoms with Crippen LogP contribution in [0.3, 0.4) is 0 Å². The minimum absolute atomic E-state index is 0.00388. The zero-order valence-electron chi connectivity index (χ0n) is 16.8. The van der Waals surface area contributed by atoms with Crippen LogP contribution in [0.1, 0.15) is 70.5 Å². The van der Waals surface area contributed by atoms with Gasteiger partial charge in [0.2, 0.25) is 0 Å². The Morgan fingerprint density at radius 1 is 1.25 bits per heavy atom. The number of aromatic nitrogens is 4. The van der Waals surface area contributed by atoms with E-state index in [4.69, 9.17) is 4.74 Å². The summed E-state index contributed by atoms with van der Waals surface area (Å²) in [5.74, 6) is 0.848. The van der Waals surface area contributed by atoms with E-state index in [1.165, 1.54) is 36.7 Å². The number of fused-ring (bicyclic) bond motifs is 1. The summed E-state index contributed by atoms with van der Waals surface area (Å²) < 4.78 is 8.48. The topological polar surface area (TPSA) is 99.0 Å². The highest BCUT2D eigenvalue weighted by atomic mass is 16.5. The summed E-state index contributed by atoms with van der Waals surface area (Å²) >= 11 is 0. The first-order valence-corrected chi connectivity index (χ1v) is 10.3. The normalized spacial score (nSPS) is 15.2. The van der Waals surface area contributed by atoms with E-state index in [0.29, 0.717) is 35.9 Å². The number of aryl methyl sites for hydroxylation is 2. The minimum atomic E-state index is -0.474. The number of nitrogens with zero attached hydrogens (tertiary/aromatic N) is 3. The number of hydrogen-bond donors (Lipinski definition) is 1. The highest BCUT2D eigenvalue weighted by Crippen LogP contribution is 2.27. The van der Waals surface area contributed by atoms with Crippen molar-refractivity contribution >= 4 is 17.1 Å². The fourth-order valence-electron chi connectivity index (χ4n) is 3.96. The Labute approximate surface area is 163 Å². The number of carbonyl (C=O) groups is 1. The number of ether oxygens (including phenoxy) is 1. The van der Waals surface area contributed by atoms with E-state index in [1.807, 2.05) is 6.92 Å². The van der Waals surface area contributed by atoms with Gasteiger partial charge in [0.1, 0.15) is 12.4 Å². The van der Waals surface area contributed by atoms with E-state index >= 15 is 0 Å². The number of carbonyl (C=O) groups excluding carboxylic acids is 1. The molecule has 1 fully saturated rings. The molecule has 28 heavy (non-hydrogen) atoms. The van der Waals surface area contributed by atoms with Crippen LogP contribution in [0.2, 0.25) is 0 Å². The van der Waals surface area contributed by atoms with Crippen molar-refractivity contribution in [3.8, 4) is 0 Å². The molecule has 0 atom stereocenters. The lowest BCUT2D eigenvalue weighted by molar-refractivity contribution is -0.145. The third-order valence-corrected chi connectivity index (χ3v) is 5.68. The Morgan fingerprint density at radius 3 is 2.71 bits per heavy atom. The van der Waals surface area contributed by atoms with E-state index in [0.717, 1.165) is 19.3 Å². The lowest BCUT2D eigenvalue weighted by Gasteiger charge is -2.20. The molecule has 1 aliphatic rings. The summed E-state index contributed by atoms with van der Waals surface area (Å²) in [5.41, 5.74) is -0.264. The Hall–Kier alpha value is -2.38. The van der Waals surface area contributed by atoms with Crippen molar-refractivity contribution in [1.29, 1.82) is 0 Å². The summed E-state index contributed by atoms with van der Waals surface area (Å²) in [6.45, 7) is 2.51. The van der Waals surface area contributed by atoms with Crippen molar-refractivity contribution in [3.63, 3.8) is 0 Å². The molecule has 154 valence electrons. The van der Waals surface area contributed by atoms with E-state index < -0.39 is 11.2 Å². The van der Waals surface area contributed by atoms with Gasteiger partial charge in [-0.05, 0) is 18.8 Å². The highest BCUT2D eigenvalue weighted by molar-refractivity contribution is 5.71. The Balaban J connectivity index is 1.70. The maximum Gasteiger partial charge on any atom is 0.330 e. The van der Waals surface area contributed by atoms with Gasteiger partial charge in [-0.2, -0.15) is 0 Å². The molecule has 8 nitrogen and oxygen atoms in total. The number of rotatable bonds is 8. The van der Waals surface area contributed by atoms with Crippen molar-refractivity contribution in [2.75, 3.05) is 0 Å². The molecular formula is C20H30N4O4. The van der Waals surface area contributed by atoms with E-state index in [2.05, 4.69) is 9.97 Å². The van der Waals surface area contributed by atoms with Crippen LogP contribution in [0.4, 0.5) is 0 Å². The quantitative estimate of drug-likeness (QED) is 0.699. The predicted octanol–water partition coefficient (Wildman–Crippen LogP) is 2.63. The van der Waals surface area contributed by atoms with Crippen molar-refractivity contribution in [2.24, 2.45) is 13.0 Å². The van der Waals surface area contributed by atoms with Crippen LogP contribution in [-0.4, -0.2) is 25.1 Å². The molecule has 0 aliphatic heterocycles. The maximum absolute atomic E-state index is 12.2. The molecule has 1 N–H and O–H groups in total. The lowest BCUT2D eigenvalue weighted by atomic mass is 9.86. The second-order valence-corrected chi connectivity index (χ2v) is 7.73. The molecule has 0 amide bonds. The first-order valence-electron chi connectivity index (χ1n) is 10.3.